The maximum Gasteiger partial charge on any atom is 0.256 e. The maximum absolute atomic E-state index is 13.7. The number of aromatic nitrogens is 2. The molecule has 0 radical (unpaired) electrons. The molecule has 8 heteroatoms. The smallest absolute Gasteiger partial charge is 0.256 e. The van der Waals surface area contributed by atoms with Gasteiger partial charge in [-0.3, -0.25) is 24.4 Å². The van der Waals surface area contributed by atoms with Crippen LogP contribution in [0.1, 0.15) is 43.2 Å². The van der Waals surface area contributed by atoms with Gasteiger partial charge in [0.1, 0.15) is 11.7 Å². The van der Waals surface area contributed by atoms with Crippen molar-refractivity contribution in [1.29, 1.82) is 0 Å². The first-order chi connectivity index (χ1) is 17.9. The number of nitrogens with zero attached hydrogens (tertiary/aromatic N) is 3. The minimum atomic E-state index is -0.800. The third-order valence-corrected chi connectivity index (χ3v) is 6.49. The second-order valence-corrected chi connectivity index (χ2v) is 9.33. The zero-order valence-corrected chi connectivity index (χ0v) is 20.8. The van der Waals surface area contributed by atoms with Crippen LogP contribution in [0.15, 0.2) is 85.2 Å². The molecule has 5 rings (SSSR count). The molecular formula is C29H23ClN4O3. The molecule has 1 atom stereocenters. The number of hydrogen-bond donors (Lipinski definition) is 1. The predicted molar refractivity (Wildman–Crippen MR) is 141 cm³/mol. The number of anilines is 1. The number of pyridine rings is 2. The monoisotopic (exact) mass is 510 g/mol. The number of ketones is 1. The maximum atomic E-state index is 13.7. The molecule has 2 aromatic heterocycles. The van der Waals surface area contributed by atoms with Crippen molar-refractivity contribution >= 4 is 34.9 Å². The van der Waals surface area contributed by atoms with E-state index in [9.17, 15) is 14.4 Å². The summed E-state index contributed by atoms with van der Waals surface area (Å²) >= 11 is 6.13. The summed E-state index contributed by atoms with van der Waals surface area (Å²) in [6.45, 7) is 2.08. The number of fused-ring (bicyclic) bond motifs is 1. The van der Waals surface area contributed by atoms with Crippen molar-refractivity contribution in [3.8, 4) is 0 Å². The average molecular weight is 511 g/mol. The van der Waals surface area contributed by atoms with E-state index in [0.717, 1.165) is 11.1 Å². The van der Waals surface area contributed by atoms with Crippen LogP contribution < -0.4 is 5.32 Å². The molecular weight excluding hydrogens is 488 g/mol. The summed E-state index contributed by atoms with van der Waals surface area (Å²) in [6.07, 6.45) is 3.51. The summed E-state index contributed by atoms with van der Waals surface area (Å²) in [5.74, 6) is -0.799. The van der Waals surface area contributed by atoms with Crippen LogP contribution in [0.3, 0.4) is 0 Å². The van der Waals surface area contributed by atoms with Gasteiger partial charge in [-0.05, 0) is 60.5 Å². The van der Waals surface area contributed by atoms with E-state index in [1.54, 1.807) is 71.9 Å². The summed E-state index contributed by atoms with van der Waals surface area (Å²) in [5.41, 5.74) is 4.02. The number of halogens is 1. The lowest BCUT2D eigenvalue weighted by Gasteiger charge is -2.28. The van der Waals surface area contributed by atoms with Gasteiger partial charge in [0.25, 0.3) is 5.91 Å². The topological polar surface area (TPSA) is 92.3 Å². The number of aryl methyl sites for hydroxylation is 1. The summed E-state index contributed by atoms with van der Waals surface area (Å²) < 4.78 is 0. The molecule has 0 spiro atoms. The quantitative estimate of drug-likeness (QED) is 0.373. The van der Waals surface area contributed by atoms with Gasteiger partial charge in [-0.15, -0.1) is 0 Å². The van der Waals surface area contributed by atoms with Crippen molar-refractivity contribution < 1.29 is 14.4 Å². The van der Waals surface area contributed by atoms with E-state index in [-0.39, 0.29) is 30.6 Å². The van der Waals surface area contributed by atoms with Gasteiger partial charge in [0.2, 0.25) is 11.7 Å². The number of benzene rings is 2. The molecule has 184 valence electrons. The largest absolute Gasteiger partial charge is 0.323 e. The van der Waals surface area contributed by atoms with Crippen molar-refractivity contribution in [2.45, 2.75) is 25.9 Å². The van der Waals surface area contributed by atoms with Crippen LogP contribution in [0, 0.1) is 6.92 Å². The second kappa shape index (κ2) is 10.3. The Morgan fingerprint density at radius 3 is 2.51 bits per heavy atom. The molecule has 4 aromatic rings. The van der Waals surface area contributed by atoms with Gasteiger partial charge in [0.15, 0.2) is 0 Å². The Bertz CT molecular complexity index is 1490. The van der Waals surface area contributed by atoms with Crippen molar-refractivity contribution in [3.05, 3.63) is 124 Å². The highest BCUT2D eigenvalue weighted by molar-refractivity contribution is 6.31. The predicted octanol–water partition coefficient (Wildman–Crippen LogP) is 4.88. The lowest BCUT2D eigenvalue weighted by molar-refractivity contribution is -0.120. The van der Waals surface area contributed by atoms with E-state index in [0.29, 0.717) is 33.2 Å². The first-order valence-electron chi connectivity index (χ1n) is 11.8. The lowest BCUT2D eigenvalue weighted by Crippen LogP contribution is -2.46. The third-order valence-electron chi connectivity index (χ3n) is 6.26. The molecule has 0 fully saturated rings. The minimum Gasteiger partial charge on any atom is -0.323 e. The van der Waals surface area contributed by atoms with Gasteiger partial charge in [0.05, 0.1) is 11.3 Å². The van der Waals surface area contributed by atoms with Crippen LogP contribution >= 0.6 is 11.6 Å². The van der Waals surface area contributed by atoms with E-state index >= 15 is 0 Å². The van der Waals surface area contributed by atoms with Crippen LogP contribution in [-0.4, -0.2) is 38.5 Å². The van der Waals surface area contributed by atoms with Crippen molar-refractivity contribution in [1.82, 2.24) is 14.9 Å². The van der Waals surface area contributed by atoms with Crippen LogP contribution in [0.2, 0.25) is 5.02 Å². The lowest BCUT2D eigenvalue weighted by atomic mass is 10.0. The number of carbonyl (C=O) groups is 3. The van der Waals surface area contributed by atoms with Crippen LogP contribution in [0.5, 0.6) is 0 Å². The number of nitrogens with one attached hydrogen (secondary N) is 1. The average Bonchev–Trinajstić information content (AvgIpc) is 2.99. The Kier molecular flexibility index (Phi) is 6.79. The fourth-order valence-corrected chi connectivity index (χ4v) is 4.50. The van der Waals surface area contributed by atoms with E-state index in [4.69, 9.17) is 11.6 Å². The normalized spacial score (nSPS) is 15.1. The molecule has 1 aliphatic rings. The second-order valence-electron chi connectivity index (χ2n) is 8.90. The summed E-state index contributed by atoms with van der Waals surface area (Å²) in [4.78, 5) is 50.0. The fraction of sp³-hybridized carbons (Fsp3) is 0.138. The highest BCUT2D eigenvalue weighted by Crippen LogP contribution is 2.28. The summed E-state index contributed by atoms with van der Waals surface area (Å²) in [7, 11) is 0. The molecule has 37 heavy (non-hydrogen) atoms. The van der Waals surface area contributed by atoms with Crippen LogP contribution in [0.4, 0.5) is 5.69 Å². The molecule has 2 amide bonds. The molecule has 0 aliphatic carbocycles. The fourth-order valence-electron chi connectivity index (χ4n) is 4.33. The first kappa shape index (κ1) is 24.3. The zero-order valence-electron chi connectivity index (χ0n) is 20.0. The van der Waals surface area contributed by atoms with Gasteiger partial charge >= 0.3 is 0 Å². The van der Waals surface area contributed by atoms with Gasteiger partial charge in [-0.1, -0.05) is 41.9 Å². The SMILES string of the molecule is Cc1ccnc(C(=O)c2ccc(CN3C(=O)c4ccc(Cl)cc4NC(=O)C3Cc3ccccn3)cc2)c1. The third kappa shape index (κ3) is 5.27. The summed E-state index contributed by atoms with van der Waals surface area (Å²) in [5, 5.41) is 3.28. The molecule has 0 saturated heterocycles. The van der Waals surface area contributed by atoms with Gasteiger partial charge < -0.3 is 10.2 Å². The number of hydrogen-bond acceptors (Lipinski definition) is 5. The Balaban J connectivity index is 1.46. The highest BCUT2D eigenvalue weighted by atomic mass is 35.5. The van der Waals surface area contributed by atoms with Crippen LogP contribution in [-0.2, 0) is 17.8 Å². The van der Waals surface area contributed by atoms with E-state index in [2.05, 4.69) is 15.3 Å². The number of amides is 2. The highest BCUT2D eigenvalue weighted by Gasteiger charge is 2.36. The van der Waals surface area contributed by atoms with E-state index < -0.39 is 6.04 Å². The molecule has 3 heterocycles. The molecule has 7 nitrogen and oxygen atoms in total. The Hall–Kier alpha value is -4.36. The molecule has 1 N–H and O–H groups in total. The molecule has 1 unspecified atom stereocenters. The zero-order chi connectivity index (χ0) is 25.9. The van der Waals surface area contributed by atoms with E-state index in [1.807, 2.05) is 25.1 Å². The van der Waals surface area contributed by atoms with Crippen molar-refractivity contribution in [2.24, 2.45) is 0 Å². The molecule has 0 saturated carbocycles. The van der Waals surface area contributed by atoms with Gasteiger partial charge in [-0.2, -0.15) is 0 Å². The number of rotatable bonds is 6. The standard InChI is InChI=1S/C29H23ClN4O3/c1-18-11-13-32-25(14-18)27(35)20-7-5-19(6-8-20)17-34-26(16-22-4-2-3-12-31-22)28(36)33-24-15-21(30)9-10-23(24)29(34)37/h2-15,26H,16-17H2,1H3,(H,33,36). The first-order valence-corrected chi connectivity index (χ1v) is 12.1. The van der Waals surface area contributed by atoms with Gasteiger partial charge in [0, 0.05) is 41.6 Å². The molecule has 2 aromatic carbocycles. The molecule has 1 aliphatic heterocycles. The minimum absolute atomic E-state index is 0.170. The van der Waals surface area contributed by atoms with E-state index in [1.165, 1.54) is 0 Å². The van der Waals surface area contributed by atoms with Crippen molar-refractivity contribution in [3.63, 3.8) is 0 Å². The van der Waals surface area contributed by atoms with Crippen molar-refractivity contribution in [2.75, 3.05) is 5.32 Å². The summed E-state index contributed by atoms with van der Waals surface area (Å²) in [6, 6.07) is 20.1. The Labute approximate surface area is 219 Å². The number of carbonyl (C=O) groups excluding carboxylic acids is 3. The molecule has 0 bridgehead atoms. The van der Waals surface area contributed by atoms with Gasteiger partial charge in [-0.25, -0.2) is 0 Å². The Morgan fingerprint density at radius 1 is 0.973 bits per heavy atom. The van der Waals surface area contributed by atoms with Crippen LogP contribution in [0.25, 0.3) is 0 Å². The Morgan fingerprint density at radius 2 is 1.78 bits per heavy atom.